The van der Waals surface area contributed by atoms with Crippen LogP contribution in [0.25, 0.3) is 11.5 Å². The quantitative estimate of drug-likeness (QED) is 0.905. The van der Waals surface area contributed by atoms with Crippen molar-refractivity contribution in [3.8, 4) is 11.5 Å². The number of anilines is 1. The molecule has 2 aromatic rings. The molecule has 0 saturated carbocycles. The van der Waals surface area contributed by atoms with Crippen molar-refractivity contribution in [3.63, 3.8) is 0 Å². The van der Waals surface area contributed by atoms with Crippen LogP contribution in [-0.4, -0.2) is 26.3 Å². The molecule has 2 aromatic heterocycles. The van der Waals surface area contributed by atoms with Crippen molar-refractivity contribution in [2.75, 3.05) is 11.9 Å². The zero-order valence-corrected chi connectivity index (χ0v) is 13.9. The second-order valence-electron chi connectivity index (χ2n) is 5.02. The van der Waals surface area contributed by atoms with Crippen LogP contribution in [0.5, 0.6) is 0 Å². The van der Waals surface area contributed by atoms with E-state index in [1.54, 1.807) is 10.9 Å². The second kappa shape index (κ2) is 6.35. The Hall–Kier alpha value is -1.43. The summed E-state index contributed by atoms with van der Waals surface area (Å²) in [6, 6.07) is 1.93. The molecular formula is C14H20BrN5. The Morgan fingerprint density at radius 3 is 2.65 bits per heavy atom. The van der Waals surface area contributed by atoms with Crippen molar-refractivity contribution in [1.29, 1.82) is 0 Å². The van der Waals surface area contributed by atoms with E-state index in [0.717, 1.165) is 34.6 Å². The minimum Gasteiger partial charge on any atom is -0.369 e. The van der Waals surface area contributed by atoms with Crippen LogP contribution in [0.1, 0.15) is 38.8 Å². The van der Waals surface area contributed by atoms with Crippen LogP contribution in [0.15, 0.2) is 16.7 Å². The summed E-state index contributed by atoms with van der Waals surface area (Å²) in [5.41, 5.74) is 1.92. The molecule has 0 radical (unpaired) electrons. The number of rotatable bonds is 5. The average Bonchev–Trinajstić information content (AvgIpc) is 2.83. The first kappa shape index (κ1) is 15.0. The van der Waals surface area contributed by atoms with Crippen LogP contribution in [0, 0.1) is 0 Å². The maximum atomic E-state index is 4.69. The van der Waals surface area contributed by atoms with Crippen molar-refractivity contribution in [2.24, 2.45) is 7.05 Å². The van der Waals surface area contributed by atoms with Gasteiger partial charge in [-0.25, -0.2) is 9.97 Å². The van der Waals surface area contributed by atoms with Crippen LogP contribution in [-0.2, 0) is 7.05 Å². The molecule has 2 rings (SSSR count). The van der Waals surface area contributed by atoms with E-state index in [1.807, 2.05) is 13.1 Å². The van der Waals surface area contributed by atoms with Gasteiger partial charge in [0.25, 0.3) is 0 Å². The predicted molar refractivity (Wildman–Crippen MR) is 84.8 cm³/mol. The summed E-state index contributed by atoms with van der Waals surface area (Å²) in [5, 5.41) is 7.54. The molecule has 20 heavy (non-hydrogen) atoms. The molecule has 2 heterocycles. The third-order valence-electron chi connectivity index (χ3n) is 3.02. The summed E-state index contributed by atoms with van der Waals surface area (Å²) in [7, 11) is 1.90. The molecule has 0 atom stereocenters. The molecule has 108 valence electrons. The smallest absolute Gasteiger partial charge is 0.180 e. The van der Waals surface area contributed by atoms with E-state index in [9.17, 15) is 0 Å². The van der Waals surface area contributed by atoms with Crippen molar-refractivity contribution in [3.05, 3.63) is 22.4 Å². The Morgan fingerprint density at radius 2 is 2.10 bits per heavy atom. The third kappa shape index (κ3) is 3.00. The van der Waals surface area contributed by atoms with E-state index in [0.29, 0.717) is 11.7 Å². The molecular weight excluding hydrogens is 318 g/mol. The molecule has 5 nitrogen and oxygen atoms in total. The average molecular weight is 338 g/mol. The Kier molecular flexibility index (Phi) is 4.75. The van der Waals surface area contributed by atoms with Gasteiger partial charge in [-0.2, -0.15) is 5.10 Å². The number of aryl methyl sites for hydroxylation is 1. The summed E-state index contributed by atoms with van der Waals surface area (Å²) in [5.74, 6) is 1.87. The van der Waals surface area contributed by atoms with Crippen molar-refractivity contribution in [2.45, 2.75) is 33.1 Å². The second-order valence-corrected chi connectivity index (χ2v) is 5.81. The largest absolute Gasteiger partial charge is 0.369 e. The molecule has 0 spiro atoms. The lowest BCUT2D eigenvalue weighted by molar-refractivity contribution is 0.761. The van der Waals surface area contributed by atoms with Gasteiger partial charge in [0.1, 0.15) is 11.5 Å². The van der Waals surface area contributed by atoms with Crippen molar-refractivity contribution in [1.82, 2.24) is 19.7 Å². The maximum Gasteiger partial charge on any atom is 0.180 e. The van der Waals surface area contributed by atoms with Gasteiger partial charge in [-0.1, -0.05) is 20.8 Å². The van der Waals surface area contributed by atoms with Gasteiger partial charge in [0.2, 0.25) is 0 Å². The van der Waals surface area contributed by atoms with E-state index in [4.69, 9.17) is 0 Å². The Bertz CT molecular complexity index is 591. The highest BCUT2D eigenvalue weighted by molar-refractivity contribution is 9.10. The molecule has 1 N–H and O–H groups in total. The summed E-state index contributed by atoms with van der Waals surface area (Å²) in [6.07, 6.45) is 2.81. The maximum absolute atomic E-state index is 4.69. The van der Waals surface area contributed by atoms with Gasteiger partial charge in [-0.05, 0) is 34.3 Å². The summed E-state index contributed by atoms with van der Waals surface area (Å²) in [6.45, 7) is 7.28. The molecule has 0 aliphatic carbocycles. The number of hydrogen-bond donors (Lipinski definition) is 1. The molecule has 0 aliphatic rings. The normalized spacial score (nSPS) is 11.1. The van der Waals surface area contributed by atoms with Crippen molar-refractivity contribution >= 4 is 21.7 Å². The molecule has 6 heteroatoms. The summed E-state index contributed by atoms with van der Waals surface area (Å²) < 4.78 is 2.74. The lowest BCUT2D eigenvalue weighted by Gasteiger charge is -2.14. The minimum absolute atomic E-state index is 0.321. The first-order valence-electron chi connectivity index (χ1n) is 6.84. The molecule has 0 aliphatic heterocycles. The van der Waals surface area contributed by atoms with Gasteiger partial charge in [0.15, 0.2) is 5.82 Å². The van der Waals surface area contributed by atoms with Gasteiger partial charge in [0.05, 0.1) is 10.2 Å². The standard InChI is InChI=1S/C14H20BrN5/c1-5-7-16-14-11(15)12(9(2)3)18-13(19-14)10-6-8-17-20(10)4/h6,8-9H,5,7H2,1-4H3,(H,16,18,19). The zero-order valence-electron chi connectivity index (χ0n) is 12.3. The number of aromatic nitrogens is 4. The fraction of sp³-hybridized carbons (Fsp3) is 0.500. The van der Waals surface area contributed by atoms with Gasteiger partial charge in [-0.3, -0.25) is 4.68 Å². The highest BCUT2D eigenvalue weighted by Gasteiger charge is 2.17. The van der Waals surface area contributed by atoms with E-state index >= 15 is 0 Å². The molecule has 0 fully saturated rings. The van der Waals surface area contributed by atoms with E-state index in [-0.39, 0.29) is 0 Å². The fourth-order valence-corrected chi connectivity index (χ4v) is 2.69. The first-order chi connectivity index (χ1) is 9.54. The number of halogens is 1. The fourth-order valence-electron chi connectivity index (χ4n) is 1.92. The lowest BCUT2D eigenvalue weighted by atomic mass is 10.1. The predicted octanol–water partition coefficient (Wildman–Crippen LogP) is 3.58. The van der Waals surface area contributed by atoms with Gasteiger partial charge in [-0.15, -0.1) is 0 Å². The number of nitrogens with one attached hydrogen (secondary N) is 1. The first-order valence-corrected chi connectivity index (χ1v) is 7.63. The van der Waals surface area contributed by atoms with E-state index in [1.165, 1.54) is 0 Å². The zero-order chi connectivity index (χ0) is 14.7. The Morgan fingerprint density at radius 1 is 1.35 bits per heavy atom. The van der Waals surface area contributed by atoms with Crippen LogP contribution in [0.2, 0.25) is 0 Å². The van der Waals surface area contributed by atoms with Gasteiger partial charge in [0, 0.05) is 19.8 Å². The van der Waals surface area contributed by atoms with E-state index < -0.39 is 0 Å². The molecule has 0 aromatic carbocycles. The SMILES string of the molecule is CCCNc1nc(-c2ccnn2C)nc(C(C)C)c1Br. The molecule has 0 bridgehead atoms. The lowest BCUT2D eigenvalue weighted by Crippen LogP contribution is -2.09. The summed E-state index contributed by atoms with van der Waals surface area (Å²) >= 11 is 3.62. The molecule has 0 unspecified atom stereocenters. The highest BCUT2D eigenvalue weighted by atomic mass is 79.9. The van der Waals surface area contributed by atoms with E-state index in [2.05, 4.69) is 57.1 Å². The number of hydrogen-bond acceptors (Lipinski definition) is 4. The minimum atomic E-state index is 0.321. The molecule has 0 saturated heterocycles. The Labute approximate surface area is 128 Å². The van der Waals surface area contributed by atoms with Crippen LogP contribution >= 0.6 is 15.9 Å². The van der Waals surface area contributed by atoms with Crippen molar-refractivity contribution < 1.29 is 0 Å². The summed E-state index contributed by atoms with van der Waals surface area (Å²) in [4.78, 5) is 9.31. The Balaban J connectivity index is 2.53. The monoisotopic (exact) mass is 337 g/mol. The van der Waals surface area contributed by atoms with Crippen LogP contribution < -0.4 is 5.32 Å². The molecule has 0 amide bonds. The van der Waals surface area contributed by atoms with Gasteiger partial charge < -0.3 is 5.32 Å². The third-order valence-corrected chi connectivity index (χ3v) is 3.80. The number of nitrogens with zero attached hydrogens (tertiary/aromatic N) is 4. The topological polar surface area (TPSA) is 55.6 Å². The van der Waals surface area contributed by atoms with Crippen LogP contribution in [0.4, 0.5) is 5.82 Å². The highest BCUT2D eigenvalue weighted by Crippen LogP contribution is 2.31. The van der Waals surface area contributed by atoms with Crippen LogP contribution in [0.3, 0.4) is 0 Å². The van der Waals surface area contributed by atoms with Gasteiger partial charge >= 0.3 is 0 Å².